The smallest absolute Gasteiger partial charge is 0.350 e. The number of hydrogen-bond donors (Lipinski definition) is 5. The Balaban J connectivity index is 1.93. The molecule has 0 fully saturated rings. The molecular weight excluding hydrogens is 468 g/mol. The van der Waals surface area contributed by atoms with E-state index in [0.717, 1.165) is 5.56 Å². The van der Waals surface area contributed by atoms with Crippen LogP contribution in [0, 0.1) is 0 Å². The Labute approximate surface area is 184 Å². The molecule has 0 spiro atoms. The molecule has 0 saturated heterocycles. The molecule has 0 radical (unpaired) electrons. The lowest BCUT2D eigenvalue weighted by Gasteiger charge is -2.12. The maximum atomic E-state index is 10.8. The average molecular weight is 493 g/mol. The predicted molar refractivity (Wildman–Crippen MR) is 113 cm³/mol. The first kappa shape index (κ1) is 26.2. The molecule has 15 heteroatoms. The van der Waals surface area contributed by atoms with Crippen molar-refractivity contribution in [1.82, 2.24) is 9.97 Å². The minimum absolute atomic E-state index is 0.0278. The van der Waals surface area contributed by atoms with Crippen LogP contribution in [-0.4, -0.2) is 68.7 Å². The van der Waals surface area contributed by atoms with Crippen LogP contribution in [0.1, 0.15) is 5.56 Å². The van der Waals surface area contributed by atoms with Gasteiger partial charge in [-0.3, -0.25) is 9.13 Å². The Bertz CT molecular complexity index is 872. The van der Waals surface area contributed by atoms with Gasteiger partial charge in [-0.05, 0) is 5.56 Å². The van der Waals surface area contributed by atoms with E-state index in [-0.39, 0.29) is 44.1 Å². The lowest BCUT2D eigenvalue weighted by Crippen LogP contribution is -2.12. The van der Waals surface area contributed by atoms with Gasteiger partial charge in [0.05, 0.1) is 19.3 Å². The lowest BCUT2D eigenvalue weighted by atomic mass is 10.2. The Kier molecular flexibility index (Phi) is 10.5. The summed E-state index contributed by atoms with van der Waals surface area (Å²) < 4.78 is 42.1. The van der Waals surface area contributed by atoms with Gasteiger partial charge in [-0.25, -0.2) is 0 Å². The maximum absolute atomic E-state index is 10.8. The van der Waals surface area contributed by atoms with Crippen LogP contribution in [0.4, 0.5) is 5.95 Å². The van der Waals surface area contributed by atoms with Crippen molar-refractivity contribution in [2.45, 2.75) is 6.54 Å². The molecule has 5 N–H and O–H groups in total. The van der Waals surface area contributed by atoms with Crippen molar-refractivity contribution in [1.29, 1.82) is 0 Å². The van der Waals surface area contributed by atoms with Gasteiger partial charge in [0.15, 0.2) is 0 Å². The summed E-state index contributed by atoms with van der Waals surface area (Å²) in [6.07, 6.45) is -1.43. The number of nitrogens with zero attached hydrogens (tertiary/aromatic N) is 2. The molecule has 13 nitrogen and oxygen atoms in total. The summed E-state index contributed by atoms with van der Waals surface area (Å²) in [4.78, 5) is 43.5. The molecule has 0 atom stereocenters. The van der Waals surface area contributed by atoms with E-state index in [1.54, 1.807) is 0 Å². The molecule has 2 rings (SSSR count). The van der Waals surface area contributed by atoms with Gasteiger partial charge < -0.3 is 43.8 Å². The van der Waals surface area contributed by atoms with Gasteiger partial charge in [0.2, 0.25) is 17.7 Å². The summed E-state index contributed by atoms with van der Waals surface area (Å²) in [5, 5.41) is 3.03. The van der Waals surface area contributed by atoms with E-state index in [1.165, 1.54) is 6.07 Å². The monoisotopic (exact) mass is 493 g/mol. The highest BCUT2D eigenvalue weighted by atomic mass is 31.2. The molecule has 1 aromatic heterocycles. The quantitative estimate of drug-likeness (QED) is 0.176. The minimum Gasteiger partial charge on any atom is -0.475 e. The van der Waals surface area contributed by atoms with E-state index in [0.29, 0.717) is 6.54 Å². The van der Waals surface area contributed by atoms with Gasteiger partial charge in [0.1, 0.15) is 25.9 Å². The lowest BCUT2D eigenvalue weighted by molar-refractivity contribution is 0.114. The van der Waals surface area contributed by atoms with Crippen LogP contribution in [0.5, 0.6) is 11.8 Å². The zero-order valence-corrected chi connectivity index (χ0v) is 18.7. The van der Waals surface area contributed by atoms with Gasteiger partial charge >= 0.3 is 15.2 Å². The predicted octanol–water partition coefficient (Wildman–Crippen LogP) is 1.15. The zero-order valence-electron chi connectivity index (χ0n) is 16.9. The van der Waals surface area contributed by atoms with Crippen LogP contribution in [0.2, 0.25) is 0 Å². The summed E-state index contributed by atoms with van der Waals surface area (Å²) in [6.45, 7) is 0.225. The molecule has 0 unspecified atom stereocenters. The first-order chi connectivity index (χ1) is 15.1. The summed E-state index contributed by atoms with van der Waals surface area (Å²) in [5.41, 5.74) is 0.988. The second-order valence-electron chi connectivity index (χ2n) is 6.31. The second kappa shape index (κ2) is 12.8. The van der Waals surface area contributed by atoms with Crippen molar-refractivity contribution < 1.29 is 47.7 Å². The van der Waals surface area contributed by atoms with Crippen molar-refractivity contribution in [2.24, 2.45) is 0 Å². The number of anilines is 1. The Morgan fingerprint density at radius 3 is 1.75 bits per heavy atom. The molecule has 0 aliphatic carbocycles. The van der Waals surface area contributed by atoms with Crippen molar-refractivity contribution in [2.75, 3.05) is 44.4 Å². The molecule has 0 amide bonds. The maximum Gasteiger partial charge on any atom is 0.350 e. The number of nitrogens with one attached hydrogen (secondary N) is 1. The number of aromatic nitrogens is 2. The molecular formula is C17H25N3O10P2. The number of rotatable bonds is 15. The van der Waals surface area contributed by atoms with Gasteiger partial charge in [0.25, 0.3) is 0 Å². The molecule has 178 valence electrons. The van der Waals surface area contributed by atoms with Crippen molar-refractivity contribution in [3.63, 3.8) is 0 Å². The third-order valence-electron chi connectivity index (χ3n) is 3.45. The summed E-state index contributed by atoms with van der Waals surface area (Å²) in [5.74, 6) is 0.455. The molecule has 1 aromatic carbocycles. The van der Waals surface area contributed by atoms with Crippen molar-refractivity contribution in [3.8, 4) is 11.8 Å². The highest BCUT2D eigenvalue weighted by Gasteiger charge is 2.14. The number of hydrogen-bond acceptors (Lipinski definition) is 9. The van der Waals surface area contributed by atoms with E-state index < -0.39 is 27.9 Å². The van der Waals surface area contributed by atoms with Crippen molar-refractivity contribution in [3.05, 3.63) is 42.0 Å². The number of benzene rings is 1. The summed E-state index contributed by atoms with van der Waals surface area (Å²) in [7, 11) is -8.51. The van der Waals surface area contributed by atoms with Gasteiger partial charge in [-0.2, -0.15) is 9.97 Å². The molecule has 32 heavy (non-hydrogen) atoms. The van der Waals surface area contributed by atoms with E-state index >= 15 is 0 Å². The number of ether oxygens (including phenoxy) is 4. The second-order valence-corrected chi connectivity index (χ2v) is 9.48. The molecule has 2 aromatic rings. The minimum atomic E-state index is -4.26. The Hall–Kier alpha value is -2.08. The SMILES string of the molecule is O=P(O)(O)COCCOc1cc(OCCOCP(=O)(O)O)nc(NCc2ccccc2)n1. The standard InChI is InChI=1S/C17H25N3O10P2/c21-31(22,23)12-27-6-8-29-15-10-16(30-9-7-28-13-32(24,25)26)20-17(19-15)18-11-14-4-2-1-3-5-14/h1-5,10H,6-9,11-13H2,(H,18,19,20)(H2,21,22,23)(H2,24,25,26). The first-order valence-electron chi connectivity index (χ1n) is 9.28. The van der Waals surface area contributed by atoms with E-state index in [1.807, 2.05) is 30.3 Å². The highest BCUT2D eigenvalue weighted by molar-refractivity contribution is 7.51. The fraction of sp³-hybridized carbons (Fsp3) is 0.412. The van der Waals surface area contributed by atoms with Crippen LogP contribution >= 0.6 is 15.2 Å². The molecule has 0 aliphatic heterocycles. The Morgan fingerprint density at radius 2 is 1.28 bits per heavy atom. The molecule has 0 saturated carbocycles. The fourth-order valence-electron chi connectivity index (χ4n) is 2.19. The van der Waals surface area contributed by atoms with Crippen LogP contribution in [0.3, 0.4) is 0 Å². The molecule has 0 aliphatic rings. The zero-order chi connectivity index (χ0) is 23.5. The average Bonchev–Trinajstić information content (AvgIpc) is 2.71. The molecule has 0 bridgehead atoms. The van der Waals surface area contributed by atoms with Crippen LogP contribution < -0.4 is 14.8 Å². The van der Waals surface area contributed by atoms with Crippen LogP contribution in [-0.2, 0) is 25.1 Å². The normalized spacial score (nSPS) is 11.9. The fourth-order valence-corrected chi connectivity index (χ4v) is 2.92. The largest absolute Gasteiger partial charge is 0.475 e. The van der Waals surface area contributed by atoms with Gasteiger partial charge in [0, 0.05) is 6.54 Å². The Morgan fingerprint density at radius 1 is 0.781 bits per heavy atom. The van der Waals surface area contributed by atoms with E-state index in [4.69, 9.17) is 38.5 Å². The van der Waals surface area contributed by atoms with Crippen LogP contribution in [0.15, 0.2) is 36.4 Å². The summed E-state index contributed by atoms with van der Waals surface area (Å²) in [6, 6.07) is 10.9. The van der Waals surface area contributed by atoms with Gasteiger partial charge in [-0.1, -0.05) is 30.3 Å². The van der Waals surface area contributed by atoms with E-state index in [2.05, 4.69) is 15.3 Å². The third-order valence-corrected chi connectivity index (χ3v) is 4.48. The van der Waals surface area contributed by atoms with E-state index in [9.17, 15) is 9.13 Å². The van der Waals surface area contributed by atoms with Gasteiger partial charge in [-0.15, -0.1) is 0 Å². The van der Waals surface area contributed by atoms with Crippen LogP contribution in [0.25, 0.3) is 0 Å². The first-order valence-corrected chi connectivity index (χ1v) is 12.9. The molecule has 1 heterocycles. The third kappa shape index (κ3) is 12.1. The topological polar surface area (TPSA) is 190 Å². The van der Waals surface area contributed by atoms with Crippen molar-refractivity contribution >= 4 is 21.1 Å². The highest BCUT2D eigenvalue weighted by Crippen LogP contribution is 2.34. The summed E-state index contributed by atoms with van der Waals surface area (Å²) >= 11 is 0.